The van der Waals surface area contributed by atoms with Crippen LogP contribution in [-0.4, -0.2) is 23.4 Å². The molecule has 0 saturated heterocycles. The van der Waals surface area contributed by atoms with Crippen molar-refractivity contribution in [2.45, 2.75) is 64.8 Å². The Labute approximate surface area is 115 Å². The van der Waals surface area contributed by atoms with Crippen LogP contribution >= 0.6 is 0 Å². The van der Waals surface area contributed by atoms with E-state index < -0.39 is 0 Å². The lowest BCUT2D eigenvalue weighted by Gasteiger charge is -2.05. The molecular weight excluding hydrogens is 242 g/mol. The van der Waals surface area contributed by atoms with Gasteiger partial charge in [0.2, 0.25) is 5.89 Å². The average molecular weight is 269 g/mol. The van der Waals surface area contributed by atoms with Gasteiger partial charge in [0.15, 0.2) is 5.82 Å². The molecule has 0 aliphatic carbocycles. The van der Waals surface area contributed by atoms with Crippen LogP contribution in [0, 0.1) is 0 Å². The molecule has 1 aromatic rings. The van der Waals surface area contributed by atoms with E-state index in [0.717, 1.165) is 12.8 Å². The van der Waals surface area contributed by atoms with Gasteiger partial charge in [0.05, 0.1) is 12.6 Å². The first kappa shape index (κ1) is 16.1. The number of aromatic nitrogens is 2. The topological polar surface area (TPSA) is 74.2 Å². The molecule has 1 aromatic heterocycles. The van der Waals surface area contributed by atoms with Crippen LogP contribution in [0.5, 0.6) is 0 Å². The molecule has 5 heteroatoms. The number of rotatable bonds is 11. The number of unbranched alkanes of at least 4 members (excludes halogenated alkanes) is 5. The molecule has 1 rings (SSSR count). The first-order valence-electron chi connectivity index (χ1n) is 7.43. The van der Waals surface area contributed by atoms with Gasteiger partial charge < -0.3 is 15.0 Å². The third-order valence-corrected chi connectivity index (χ3v) is 3.06. The van der Waals surface area contributed by atoms with Crippen molar-refractivity contribution in [1.82, 2.24) is 10.1 Å². The van der Waals surface area contributed by atoms with Gasteiger partial charge in [-0.05, 0) is 13.3 Å². The molecule has 1 atom stereocenters. The van der Waals surface area contributed by atoms with Crippen molar-refractivity contribution >= 4 is 0 Å². The van der Waals surface area contributed by atoms with Crippen LogP contribution in [0.3, 0.4) is 0 Å². The first-order chi connectivity index (χ1) is 9.27. The monoisotopic (exact) mass is 269 g/mol. The highest BCUT2D eigenvalue weighted by Gasteiger charge is 2.13. The van der Waals surface area contributed by atoms with Gasteiger partial charge in [0, 0.05) is 13.0 Å². The Morgan fingerprint density at radius 1 is 1.16 bits per heavy atom. The summed E-state index contributed by atoms with van der Waals surface area (Å²) in [7, 11) is 0. The van der Waals surface area contributed by atoms with Gasteiger partial charge in [0.1, 0.15) is 0 Å². The number of hydrogen-bond acceptors (Lipinski definition) is 5. The number of nitrogens with two attached hydrogens (primary N) is 1. The maximum atomic E-state index is 5.89. The molecule has 0 radical (unpaired) electrons. The summed E-state index contributed by atoms with van der Waals surface area (Å²) >= 11 is 0. The van der Waals surface area contributed by atoms with Crippen LogP contribution in [-0.2, 0) is 11.2 Å². The van der Waals surface area contributed by atoms with Gasteiger partial charge in [-0.2, -0.15) is 4.98 Å². The summed E-state index contributed by atoms with van der Waals surface area (Å²) in [6.07, 6.45) is 8.40. The molecule has 0 spiro atoms. The first-order valence-corrected chi connectivity index (χ1v) is 7.43. The van der Waals surface area contributed by atoms with Crippen LogP contribution in [0.2, 0.25) is 0 Å². The highest BCUT2D eigenvalue weighted by molar-refractivity contribution is 4.93. The molecule has 1 heterocycles. The van der Waals surface area contributed by atoms with Crippen molar-refractivity contribution in [2.24, 2.45) is 5.73 Å². The Kier molecular flexibility index (Phi) is 8.41. The van der Waals surface area contributed by atoms with Crippen molar-refractivity contribution in [3.8, 4) is 0 Å². The fraction of sp³-hybridized carbons (Fsp3) is 0.857. The minimum absolute atomic E-state index is 0.290. The zero-order valence-corrected chi connectivity index (χ0v) is 12.2. The number of hydrogen-bond donors (Lipinski definition) is 1. The summed E-state index contributed by atoms with van der Waals surface area (Å²) < 4.78 is 10.4. The molecule has 5 nitrogen and oxygen atoms in total. The predicted molar refractivity (Wildman–Crippen MR) is 74.8 cm³/mol. The van der Waals surface area contributed by atoms with E-state index in [9.17, 15) is 0 Å². The summed E-state index contributed by atoms with van der Waals surface area (Å²) in [6.45, 7) is 5.25. The van der Waals surface area contributed by atoms with E-state index in [0.29, 0.717) is 24.9 Å². The van der Waals surface area contributed by atoms with Gasteiger partial charge in [-0.3, -0.25) is 0 Å². The highest BCUT2D eigenvalue weighted by atomic mass is 16.5. The fourth-order valence-electron chi connectivity index (χ4n) is 1.90. The molecule has 0 aliphatic heterocycles. The second-order valence-corrected chi connectivity index (χ2v) is 4.83. The number of ether oxygens (including phenoxy) is 1. The van der Waals surface area contributed by atoms with Crippen LogP contribution in [0.1, 0.15) is 70.1 Å². The molecule has 0 saturated carbocycles. The Morgan fingerprint density at radius 3 is 2.63 bits per heavy atom. The molecule has 110 valence electrons. The molecule has 0 aromatic carbocycles. The molecule has 2 N–H and O–H groups in total. The van der Waals surface area contributed by atoms with Gasteiger partial charge in [-0.25, -0.2) is 0 Å². The Morgan fingerprint density at radius 2 is 1.89 bits per heavy atom. The van der Waals surface area contributed by atoms with Crippen LogP contribution in [0.15, 0.2) is 4.52 Å². The molecular formula is C14H27N3O2. The third kappa shape index (κ3) is 6.68. The van der Waals surface area contributed by atoms with Crippen molar-refractivity contribution in [3.05, 3.63) is 11.7 Å². The predicted octanol–water partition coefficient (Wildman–Crippen LogP) is 3.01. The lowest BCUT2D eigenvalue weighted by atomic mass is 10.1. The largest absolute Gasteiger partial charge is 0.380 e. The van der Waals surface area contributed by atoms with Crippen molar-refractivity contribution in [3.63, 3.8) is 0 Å². The molecule has 19 heavy (non-hydrogen) atoms. The summed E-state index contributed by atoms with van der Waals surface area (Å²) in [6, 6.07) is -0.290. The summed E-state index contributed by atoms with van der Waals surface area (Å²) in [4.78, 5) is 4.31. The minimum Gasteiger partial charge on any atom is -0.380 e. The maximum Gasteiger partial charge on any atom is 0.226 e. The van der Waals surface area contributed by atoms with Gasteiger partial charge >= 0.3 is 0 Å². The van der Waals surface area contributed by atoms with Crippen LogP contribution < -0.4 is 5.73 Å². The quantitative estimate of drug-likeness (QED) is 0.625. The molecule has 0 amide bonds. The molecule has 0 fully saturated rings. The Hall–Kier alpha value is -0.940. The van der Waals surface area contributed by atoms with E-state index in [2.05, 4.69) is 17.1 Å². The van der Waals surface area contributed by atoms with Gasteiger partial charge in [-0.15, -0.1) is 0 Å². The molecule has 0 aliphatic rings. The fourth-order valence-corrected chi connectivity index (χ4v) is 1.90. The van der Waals surface area contributed by atoms with E-state index >= 15 is 0 Å². The number of aryl methyl sites for hydroxylation is 1. The number of nitrogens with zero attached hydrogens (tertiary/aromatic N) is 2. The second kappa shape index (κ2) is 9.92. The van der Waals surface area contributed by atoms with Crippen LogP contribution in [0.4, 0.5) is 0 Å². The lowest BCUT2D eigenvalue weighted by Crippen LogP contribution is -2.18. The van der Waals surface area contributed by atoms with Crippen molar-refractivity contribution < 1.29 is 9.26 Å². The summed E-state index contributed by atoms with van der Waals surface area (Å²) in [5.41, 5.74) is 5.89. The third-order valence-electron chi connectivity index (χ3n) is 3.06. The van der Waals surface area contributed by atoms with Gasteiger partial charge in [-0.1, -0.05) is 44.2 Å². The van der Waals surface area contributed by atoms with E-state index in [-0.39, 0.29) is 6.04 Å². The smallest absolute Gasteiger partial charge is 0.226 e. The van der Waals surface area contributed by atoms with Crippen LogP contribution in [0.25, 0.3) is 0 Å². The highest BCUT2D eigenvalue weighted by Crippen LogP contribution is 2.11. The van der Waals surface area contributed by atoms with Crippen molar-refractivity contribution in [1.29, 1.82) is 0 Å². The Balaban J connectivity index is 2.19. The van der Waals surface area contributed by atoms with E-state index in [1.807, 2.05) is 6.92 Å². The maximum absolute atomic E-state index is 5.89. The molecule has 1 unspecified atom stereocenters. The zero-order chi connectivity index (χ0) is 13.9. The van der Waals surface area contributed by atoms with Crippen molar-refractivity contribution in [2.75, 3.05) is 13.2 Å². The van der Waals surface area contributed by atoms with E-state index in [4.69, 9.17) is 15.0 Å². The summed E-state index contributed by atoms with van der Waals surface area (Å²) in [5.74, 6) is 1.24. The standard InChI is InChI=1S/C14H27N3O2/c1-3-5-6-7-8-9-10-13-16-14(17-19-13)12(15)11-18-4-2/h12H,3-11,15H2,1-2H3. The normalized spacial score (nSPS) is 12.8. The van der Waals surface area contributed by atoms with E-state index in [1.54, 1.807) is 0 Å². The lowest BCUT2D eigenvalue weighted by molar-refractivity contribution is 0.130. The SMILES string of the molecule is CCCCCCCCc1nc(C(N)COCC)no1. The van der Waals surface area contributed by atoms with Gasteiger partial charge in [0.25, 0.3) is 0 Å². The zero-order valence-electron chi connectivity index (χ0n) is 12.2. The average Bonchev–Trinajstić information content (AvgIpc) is 2.89. The Bertz CT molecular complexity index is 328. The summed E-state index contributed by atoms with van der Waals surface area (Å²) in [5, 5.41) is 3.91. The van der Waals surface area contributed by atoms with E-state index in [1.165, 1.54) is 32.1 Å². The minimum atomic E-state index is -0.290. The molecule has 0 bridgehead atoms. The second-order valence-electron chi connectivity index (χ2n) is 4.83.